The zero-order valence-electron chi connectivity index (χ0n) is 16.6. The second kappa shape index (κ2) is 9.33. The predicted molar refractivity (Wildman–Crippen MR) is 120 cm³/mol. The van der Waals surface area contributed by atoms with Crippen LogP contribution >= 0.6 is 11.6 Å². The van der Waals surface area contributed by atoms with Gasteiger partial charge in [-0.2, -0.15) is 0 Å². The van der Waals surface area contributed by atoms with Crippen molar-refractivity contribution in [2.45, 2.75) is 25.6 Å². The van der Waals surface area contributed by atoms with E-state index in [1.165, 1.54) is 0 Å². The Labute approximate surface area is 181 Å². The molecule has 1 saturated heterocycles. The quantitative estimate of drug-likeness (QED) is 0.539. The fourth-order valence-corrected chi connectivity index (χ4v) is 4.00. The molecule has 0 aromatic heterocycles. The Morgan fingerprint density at radius 2 is 1.67 bits per heavy atom. The van der Waals surface area contributed by atoms with Gasteiger partial charge >= 0.3 is 5.97 Å². The molecule has 0 amide bonds. The summed E-state index contributed by atoms with van der Waals surface area (Å²) in [6, 6.07) is 23.4. The number of hydrogen-bond donors (Lipinski definition) is 1. The normalized spacial score (nSPS) is 16.4. The van der Waals surface area contributed by atoms with E-state index in [4.69, 9.17) is 16.3 Å². The van der Waals surface area contributed by atoms with Gasteiger partial charge < -0.3 is 14.7 Å². The van der Waals surface area contributed by atoms with Gasteiger partial charge in [0.2, 0.25) is 0 Å². The van der Waals surface area contributed by atoms with Gasteiger partial charge in [-0.3, -0.25) is 0 Å². The van der Waals surface area contributed by atoms with Crippen LogP contribution in [0.5, 0.6) is 0 Å². The van der Waals surface area contributed by atoms with Crippen LogP contribution in [0, 0.1) is 0 Å². The van der Waals surface area contributed by atoms with Gasteiger partial charge in [-0.05, 0) is 53.8 Å². The predicted octanol–water partition coefficient (Wildman–Crippen LogP) is 5.89. The molecule has 4 rings (SSSR count). The Morgan fingerprint density at radius 3 is 2.37 bits per heavy atom. The van der Waals surface area contributed by atoms with Crippen LogP contribution in [-0.2, 0) is 11.3 Å². The number of ether oxygens (including phenoxy) is 1. The van der Waals surface area contributed by atoms with Crippen molar-refractivity contribution >= 4 is 23.3 Å². The van der Waals surface area contributed by atoms with Gasteiger partial charge in [0, 0.05) is 18.1 Å². The van der Waals surface area contributed by atoms with Crippen molar-refractivity contribution in [2.75, 3.05) is 18.0 Å². The largest absolute Gasteiger partial charge is 0.478 e. The summed E-state index contributed by atoms with van der Waals surface area (Å²) >= 11 is 5.96. The van der Waals surface area contributed by atoms with Crippen molar-refractivity contribution < 1.29 is 14.6 Å². The molecule has 0 saturated carbocycles. The zero-order valence-corrected chi connectivity index (χ0v) is 17.4. The number of carboxylic acid groups (broad SMARTS) is 1. The number of nitrogens with zero attached hydrogens (tertiary/aromatic N) is 1. The molecule has 1 unspecified atom stereocenters. The average Bonchev–Trinajstić information content (AvgIpc) is 2.79. The summed E-state index contributed by atoms with van der Waals surface area (Å²) in [4.78, 5) is 13.7. The first-order chi connectivity index (χ1) is 14.6. The van der Waals surface area contributed by atoms with Crippen molar-refractivity contribution in [1.29, 1.82) is 0 Å². The van der Waals surface area contributed by atoms with Crippen molar-refractivity contribution in [1.82, 2.24) is 0 Å². The van der Waals surface area contributed by atoms with Gasteiger partial charge in [-0.25, -0.2) is 4.79 Å². The minimum atomic E-state index is -0.894. The number of halogens is 1. The molecule has 3 aromatic carbocycles. The monoisotopic (exact) mass is 421 g/mol. The molecule has 0 radical (unpaired) electrons. The summed E-state index contributed by atoms with van der Waals surface area (Å²) in [7, 11) is 0. The number of carboxylic acids is 1. The van der Waals surface area contributed by atoms with Crippen LogP contribution in [0.15, 0.2) is 72.8 Å². The summed E-state index contributed by atoms with van der Waals surface area (Å²) in [6.07, 6.45) is 2.04. The molecule has 154 valence electrons. The van der Waals surface area contributed by atoms with Crippen LogP contribution in [-0.4, -0.2) is 30.3 Å². The first kappa shape index (κ1) is 20.5. The minimum absolute atomic E-state index is 0.0801. The fraction of sp³-hybridized carbons (Fsp3) is 0.240. The molecule has 1 N–H and O–H groups in total. The van der Waals surface area contributed by atoms with Gasteiger partial charge in [-0.1, -0.05) is 60.1 Å². The number of para-hydroxylation sites is 1. The highest BCUT2D eigenvalue weighted by Gasteiger charge is 2.23. The first-order valence-corrected chi connectivity index (χ1v) is 10.5. The maximum absolute atomic E-state index is 11.5. The molecule has 4 nitrogen and oxygen atoms in total. The number of piperidine rings is 1. The fourth-order valence-electron chi connectivity index (χ4n) is 3.87. The second-order valence-electron chi connectivity index (χ2n) is 7.55. The maximum atomic E-state index is 11.5. The van der Waals surface area contributed by atoms with E-state index in [0.717, 1.165) is 46.8 Å². The molecule has 30 heavy (non-hydrogen) atoms. The third-order valence-corrected chi connectivity index (χ3v) is 5.72. The highest BCUT2D eigenvalue weighted by atomic mass is 35.5. The summed E-state index contributed by atoms with van der Waals surface area (Å²) in [5.41, 5.74) is 4.51. The van der Waals surface area contributed by atoms with Gasteiger partial charge in [0.25, 0.3) is 0 Å². The smallest absolute Gasteiger partial charge is 0.337 e. The van der Waals surface area contributed by atoms with E-state index >= 15 is 0 Å². The number of aromatic carboxylic acids is 1. The molecule has 5 heteroatoms. The highest BCUT2D eigenvalue weighted by Crippen LogP contribution is 2.26. The lowest BCUT2D eigenvalue weighted by Crippen LogP contribution is -2.40. The van der Waals surface area contributed by atoms with Crippen molar-refractivity contribution in [3.63, 3.8) is 0 Å². The molecule has 1 fully saturated rings. The van der Waals surface area contributed by atoms with Crippen molar-refractivity contribution in [2.24, 2.45) is 0 Å². The van der Waals surface area contributed by atoms with Crippen LogP contribution in [0.2, 0.25) is 5.02 Å². The summed E-state index contributed by atoms with van der Waals surface area (Å²) in [6.45, 7) is 2.09. The van der Waals surface area contributed by atoms with Gasteiger partial charge in [-0.15, -0.1) is 0 Å². The van der Waals surface area contributed by atoms with Crippen LogP contribution in [0.3, 0.4) is 0 Å². The topological polar surface area (TPSA) is 49.8 Å². The van der Waals surface area contributed by atoms with Gasteiger partial charge in [0.05, 0.1) is 24.0 Å². The number of carbonyl (C=O) groups is 1. The summed E-state index contributed by atoms with van der Waals surface area (Å²) in [5.74, 6) is -0.894. The lowest BCUT2D eigenvalue weighted by molar-refractivity contribution is 0.0315. The summed E-state index contributed by atoms with van der Waals surface area (Å²) in [5, 5.41) is 10.2. The molecule has 0 spiro atoms. The molecule has 1 aliphatic heterocycles. The van der Waals surface area contributed by atoms with Crippen molar-refractivity contribution in [3.05, 3.63) is 88.9 Å². The Morgan fingerprint density at radius 1 is 1.00 bits per heavy atom. The highest BCUT2D eigenvalue weighted by molar-refractivity contribution is 6.30. The lowest BCUT2D eigenvalue weighted by Gasteiger charge is -2.35. The van der Waals surface area contributed by atoms with E-state index in [-0.39, 0.29) is 6.10 Å². The molecular weight excluding hydrogens is 398 g/mol. The van der Waals surface area contributed by atoms with Gasteiger partial charge in [0.15, 0.2) is 0 Å². The van der Waals surface area contributed by atoms with E-state index in [9.17, 15) is 9.90 Å². The first-order valence-electron chi connectivity index (χ1n) is 10.1. The Hall–Kier alpha value is -2.82. The van der Waals surface area contributed by atoms with E-state index in [2.05, 4.69) is 29.2 Å². The molecule has 1 aliphatic rings. The molecule has 0 aliphatic carbocycles. The number of rotatable bonds is 6. The van der Waals surface area contributed by atoms with Crippen LogP contribution in [0.4, 0.5) is 5.69 Å². The van der Waals surface area contributed by atoms with E-state index < -0.39 is 5.97 Å². The molecular formula is C25H24ClNO3. The summed E-state index contributed by atoms with van der Waals surface area (Å²) < 4.78 is 6.18. The van der Waals surface area contributed by atoms with E-state index in [0.29, 0.717) is 18.7 Å². The SMILES string of the molecule is O=C(O)c1ccccc1N1CCCC(OCc2ccc(-c3ccc(Cl)cc3)cc2)C1. The standard InChI is InChI=1S/C25H24ClNO3/c26-21-13-11-20(12-14-21)19-9-7-18(8-10-19)17-30-22-4-3-15-27(16-22)24-6-2-1-5-23(24)25(28)29/h1-2,5-14,22H,3-4,15-17H2,(H,28,29). The maximum Gasteiger partial charge on any atom is 0.337 e. The Bertz CT molecular complexity index is 1000. The van der Waals surface area contributed by atoms with Crippen LogP contribution in [0.25, 0.3) is 11.1 Å². The molecule has 1 atom stereocenters. The second-order valence-corrected chi connectivity index (χ2v) is 7.98. The third-order valence-electron chi connectivity index (χ3n) is 5.47. The molecule has 0 bridgehead atoms. The number of benzene rings is 3. The van der Waals surface area contributed by atoms with Gasteiger partial charge in [0.1, 0.15) is 0 Å². The Balaban J connectivity index is 1.37. The minimum Gasteiger partial charge on any atom is -0.478 e. The van der Waals surface area contributed by atoms with Crippen molar-refractivity contribution in [3.8, 4) is 11.1 Å². The van der Waals surface area contributed by atoms with Crippen LogP contribution < -0.4 is 4.90 Å². The zero-order chi connectivity index (χ0) is 20.9. The van der Waals surface area contributed by atoms with E-state index in [1.807, 2.05) is 36.4 Å². The molecule has 3 aromatic rings. The lowest BCUT2D eigenvalue weighted by atomic mass is 10.0. The third kappa shape index (κ3) is 4.84. The number of anilines is 1. The van der Waals surface area contributed by atoms with E-state index in [1.54, 1.807) is 12.1 Å². The van der Waals surface area contributed by atoms with Crippen LogP contribution in [0.1, 0.15) is 28.8 Å². The Kier molecular flexibility index (Phi) is 6.36. The average molecular weight is 422 g/mol. The number of hydrogen-bond acceptors (Lipinski definition) is 3. The molecule has 1 heterocycles.